The lowest BCUT2D eigenvalue weighted by Gasteiger charge is -2.36. The van der Waals surface area contributed by atoms with Gasteiger partial charge in [-0.2, -0.15) is 0 Å². The normalized spacial score (nSPS) is 14.9. The van der Waals surface area contributed by atoms with Gasteiger partial charge in [0.25, 0.3) is 0 Å². The molecule has 1 aromatic carbocycles. The largest absolute Gasteiger partial charge is 0.368 e. The van der Waals surface area contributed by atoms with Crippen LogP contribution in [-0.2, 0) is 6.42 Å². The summed E-state index contributed by atoms with van der Waals surface area (Å²) in [5.74, 6) is 0.851. The monoisotopic (exact) mass is 542 g/mol. The molecule has 0 spiro atoms. The van der Waals surface area contributed by atoms with Crippen LogP contribution in [0, 0.1) is 0 Å². The molecule has 0 atom stereocenters. The van der Waals surface area contributed by atoms with Crippen LogP contribution in [0.1, 0.15) is 12.1 Å². The molecular formula is C22H32ClIN6. The van der Waals surface area contributed by atoms with Crippen LogP contribution in [0.5, 0.6) is 0 Å². The van der Waals surface area contributed by atoms with Crippen molar-refractivity contribution in [2.24, 2.45) is 4.99 Å². The van der Waals surface area contributed by atoms with Gasteiger partial charge in [-0.05, 0) is 37.2 Å². The molecule has 164 valence electrons. The van der Waals surface area contributed by atoms with E-state index in [2.05, 4.69) is 42.5 Å². The molecule has 2 aromatic rings. The fourth-order valence-corrected chi connectivity index (χ4v) is 3.76. The number of hydrogen-bond donors (Lipinski definition) is 2. The minimum Gasteiger partial charge on any atom is -0.368 e. The molecule has 0 bridgehead atoms. The number of hydrogen-bond acceptors (Lipinski definition) is 4. The van der Waals surface area contributed by atoms with Crippen LogP contribution in [0.3, 0.4) is 0 Å². The first kappa shape index (κ1) is 24.7. The summed E-state index contributed by atoms with van der Waals surface area (Å²) >= 11 is 6.33. The Morgan fingerprint density at radius 3 is 2.47 bits per heavy atom. The van der Waals surface area contributed by atoms with Crippen LogP contribution in [0.4, 0.5) is 5.69 Å². The van der Waals surface area contributed by atoms with Crippen LogP contribution in [-0.4, -0.2) is 68.7 Å². The molecule has 0 amide bonds. The summed E-state index contributed by atoms with van der Waals surface area (Å²) in [5, 5.41) is 7.59. The molecule has 3 rings (SSSR count). The van der Waals surface area contributed by atoms with Gasteiger partial charge in [-0.3, -0.25) is 14.9 Å². The number of piperazine rings is 1. The van der Waals surface area contributed by atoms with Crippen molar-refractivity contribution in [3.63, 3.8) is 0 Å². The van der Waals surface area contributed by atoms with Gasteiger partial charge in [-0.15, -0.1) is 24.0 Å². The SMILES string of the molecule is CN=C(NCCCN1CCN(c2ccccc2Cl)CC1)NCCc1ccccn1.I. The van der Waals surface area contributed by atoms with E-state index in [9.17, 15) is 0 Å². The van der Waals surface area contributed by atoms with E-state index in [1.54, 1.807) is 0 Å². The minimum absolute atomic E-state index is 0. The molecule has 0 saturated carbocycles. The number of nitrogens with zero attached hydrogens (tertiary/aromatic N) is 4. The summed E-state index contributed by atoms with van der Waals surface area (Å²) in [6.07, 6.45) is 3.81. The van der Waals surface area contributed by atoms with Crippen LogP contribution in [0.25, 0.3) is 0 Å². The second-order valence-corrected chi connectivity index (χ2v) is 7.54. The maximum absolute atomic E-state index is 6.33. The van der Waals surface area contributed by atoms with Gasteiger partial charge in [0, 0.05) is 64.6 Å². The number of benzene rings is 1. The number of nitrogens with one attached hydrogen (secondary N) is 2. The van der Waals surface area contributed by atoms with E-state index in [1.165, 1.54) is 0 Å². The van der Waals surface area contributed by atoms with E-state index in [4.69, 9.17) is 11.6 Å². The molecule has 1 aliphatic rings. The van der Waals surface area contributed by atoms with Gasteiger partial charge in [0.15, 0.2) is 5.96 Å². The Bertz CT molecular complexity index is 765. The van der Waals surface area contributed by atoms with Crippen molar-refractivity contribution in [1.82, 2.24) is 20.5 Å². The van der Waals surface area contributed by atoms with E-state index in [1.807, 2.05) is 43.6 Å². The predicted octanol–water partition coefficient (Wildman–Crippen LogP) is 3.27. The molecule has 0 radical (unpaired) electrons. The van der Waals surface area contributed by atoms with Gasteiger partial charge in [0.1, 0.15) is 0 Å². The van der Waals surface area contributed by atoms with Crippen LogP contribution < -0.4 is 15.5 Å². The molecule has 2 heterocycles. The molecule has 1 fully saturated rings. The Balaban J connectivity index is 0.00000320. The number of para-hydroxylation sites is 1. The van der Waals surface area contributed by atoms with Gasteiger partial charge < -0.3 is 15.5 Å². The topological polar surface area (TPSA) is 55.8 Å². The van der Waals surface area contributed by atoms with E-state index in [0.717, 1.165) is 81.0 Å². The zero-order valence-electron chi connectivity index (χ0n) is 17.6. The molecule has 1 aliphatic heterocycles. The smallest absolute Gasteiger partial charge is 0.190 e. The lowest BCUT2D eigenvalue weighted by Crippen LogP contribution is -2.47. The van der Waals surface area contributed by atoms with E-state index < -0.39 is 0 Å². The summed E-state index contributed by atoms with van der Waals surface area (Å²) in [6, 6.07) is 14.1. The number of halogens is 2. The quantitative estimate of drug-likeness (QED) is 0.232. The number of guanidine groups is 1. The highest BCUT2D eigenvalue weighted by Crippen LogP contribution is 2.25. The third-order valence-corrected chi connectivity index (χ3v) is 5.45. The lowest BCUT2D eigenvalue weighted by atomic mass is 10.2. The van der Waals surface area contributed by atoms with Crippen LogP contribution >= 0.6 is 35.6 Å². The third-order valence-electron chi connectivity index (χ3n) is 5.13. The van der Waals surface area contributed by atoms with Gasteiger partial charge in [-0.25, -0.2) is 0 Å². The Morgan fingerprint density at radius 2 is 1.77 bits per heavy atom. The average molecular weight is 543 g/mol. The van der Waals surface area contributed by atoms with E-state index in [-0.39, 0.29) is 24.0 Å². The average Bonchev–Trinajstić information content (AvgIpc) is 2.77. The van der Waals surface area contributed by atoms with Gasteiger partial charge >= 0.3 is 0 Å². The fraction of sp³-hybridized carbons (Fsp3) is 0.455. The molecule has 2 N–H and O–H groups in total. The minimum atomic E-state index is 0. The number of aliphatic imine (C=N–C) groups is 1. The molecule has 6 nitrogen and oxygen atoms in total. The summed E-state index contributed by atoms with van der Waals surface area (Å²) in [6.45, 7) is 7.01. The highest BCUT2D eigenvalue weighted by atomic mass is 127. The number of rotatable bonds is 8. The maximum Gasteiger partial charge on any atom is 0.190 e. The first-order chi connectivity index (χ1) is 14.3. The second kappa shape index (κ2) is 13.7. The summed E-state index contributed by atoms with van der Waals surface area (Å²) in [7, 11) is 1.81. The van der Waals surface area contributed by atoms with Gasteiger partial charge in [0.2, 0.25) is 0 Å². The van der Waals surface area contributed by atoms with Gasteiger partial charge in [-0.1, -0.05) is 29.8 Å². The van der Waals surface area contributed by atoms with Crippen molar-refractivity contribution >= 4 is 47.2 Å². The zero-order chi connectivity index (χ0) is 20.3. The summed E-state index contributed by atoms with van der Waals surface area (Å²) in [5.41, 5.74) is 2.24. The van der Waals surface area contributed by atoms with E-state index >= 15 is 0 Å². The van der Waals surface area contributed by atoms with Crippen molar-refractivity contribution in [3.8, 4) is 0 Å². The van der Waals surface area contributed by atoms with E-state index in [0.29, 0.717) is 0 Å². The standard InChI is InChI=1S/C22H31ClN6.HI/c1-24-22(27-13-10-19-7-4-5-11-25-19)26-12-6-14-28-15-17-29(18-16-28)21-9-3-2-8-20(21)23;/h2-5,7-9,11H,6,10,12-18H2,1H3,(H2,24,26,27);1H. The first-order valence-corrected chi connectivity index (χ1v) is 10.7. The lowest BCUT2D eigenvalue weighted by molar-refractivity contribution is 0.255. The Hall–Kier alpha value is -1.58. The highest BCUT2D eigenvalue weighted by molar-refractivity contribution is 14.0. The van der Waals surface area contributed by atoms with Crippen molar-refractivity contribution in [3.05, 3.63) is 59.4 Å². The first-order valence-electron chi connectivity index (χ1n) is 10.3. The Kier molecular flexibility index (Phi) is 11.2. The molecule has 1 aromatic heterocycles. The molecule has 8 heteroatoms. The second-order valence-electron chi connectivity index (χ2n) is 7.13. The molecule has 0 unspecified atom stereocenters. The summed E-state index contributed by atoms with van der Waals surface area (Å²) in [4.78, 5) is 13.5. The fourth-order valence-electron chi connectivity index (χ4n) is 3.51. The van der Waals surface area contributed by atoms with Crippen molar-refractivity contribution < 1.29 is 0 Å². The van der Waals surface area contributed by atoms with Crippen molar-refractivity contribution in [2.45, 2.75) is 12.8 Å². The maximum atomic E-state index is 6.33. The molecule has 30 heavy (non-hydrogen) atoms. The molecule has 1 saturated heterocycles. The highest BCUT2D eigenvalue weighted by Gasteiger charge is 2.18. The third kappa shape index (κ3) is 7.92. The molecule has 0 aliphatic carbocycles. The number of pyridine rings is 1. The molecular weight excluding hydrogens is 511 g/mol. The summed E-state index contributed by atoms with van der Waals surface area (Å²) < 4.78 is 0. The van der Waals surface area contributed by atoms with Crippen molar-refractivity contribution in [2.75, 3.05) is 57.8 Å². The van der Waals surface area contributed by atoms with Crippen LogP contribution in [0.2, 0.25) is 5.02 Å². The van der Waals surface area contributed by atoms with Crippen molar-refractivity contribution in [1.29, 1.82) is 0 Å². The number of anilines is 1. The number of aromatic nitrogens is 1. The van der Waals surface area contributed by atoms with Gasteiger partial charge in [0.05, 0.1) is 10.7 Å². The predicted molar refractivity (Wildman–Crippen MR) is 137 cm³/mol. The zero-order valence-corrected chi connectivity index (χ0v) is 20.6. The Labute approximate surface area is 202 Å². The Morgan fingerprint density at radius 1 is 1.03 bits per heavy atom. The van der Waals surface area contributed by atoms with Crippen LogP contribution in [0.15, 0.2) is 53.7 Å².